The van der Waals surface area contributed by atoms with Crippen LogP contribution in [0.2, 0.25) is 0 Å². The number of aliphatic hydroxyl groups excluding tert-OH is 1. The number of aliphatic hydroxyl groups is 2. The first-order valence-corrected chi connectivity index (χ1v) is 1.63. The quantitative estimate of drug-likeness (QED) is 0.340. The van der Waals surface area contributed by atoms with Gasteiger partial charge in [-0.2, -0.15) is 5.26 Å². The Hall–Kier alpha value is -0.850. The van der Waals surface area contributed by atoms with Gasteiger partial charge >= 0.3 is 0 Å². The predicted octanol–water partition coefficient (Wildman–Crippen LogP) is -0.623. The maximum atomic E-state index is 8.05. The SMILES string of the molecule is C=C(C#N)C(O)O. The van der Waals surface area contributed by atoms with Gasteiger partial charge in [-0.25, -0.2) is 0 Å². The van der Waals surface area contributed by atoms with Crippen LogP contribution in [-0.4, -0.2) is 16.5 Å². The second-order valence-corrected chi connectivity index (χ2v) is 1.01. The van der Waals surface area contributed by atoms with Gasteiger partial charge in [0, 0.05) is 0 Å². The third kappa shape index (κ3) is 1.93. The Morgan fingerprint density at radius 2 is 2.14 bits per heavy atom. The van der Waals surface area contributed by atoms with Gasteiger partial charge < -0.3 is 10.2 Å². The standard InChI is InChI=1S/C4H5NO2/c1-3(2-5)4(6)7/h4,6-7H,1H2. The van der Waals surface area contributed by atoms with Crippen LogP contribution >= 0.6 is 0 Å². The molecule has 0 aromatic heterocycles. The Bertz CT molecular complexity index is 111. The molecular weight excluding hydrogens is 94.0 g/mol. The normalized spacial score (nSPS) is 8.29. The summed E-state index contributed by atoms with van der Waals surface area (Å²) in [5.41, 5.74) is -0.236. The van der Waals surface area contributed by atoms with Crippen molar-refractivity contribution in [1.82, 2.24) is 0 Å². The molecule has 0 unspecified atom stereocenters. The molecule has 0 aliphatic carbocycles. The van der Waals surface area contributed by atoms with Gasteiger partial charge in [0.25, 0.3) is 0 Å². The molecule has 0 rings (SSSR count). The minimum absolute atomic E-state index is 0.236. The van der Waals surface area contributed by atoms with Crippen molar-refractivity contribution in [2.24, 2.45) is 0 Å². The summed E-state index contributed by atoms with van der Waals surface area (Å²) in [6.45, 7) is 3.01. The first-order chi connectivity index (χ1) is 3.18. The van der Waals surface area contributed by atoms with Crippen molar-refractivity contribution < 1.29 is 10.2 Å². The topological polar surface area (TPSA) is 64.2 Å². The summed E-state index contributed by atoms with van der Waals surface area (Å²) in [5.74, 6) is 0. The molecule has 0 aliphatic heterocycles. The summed E-state index contributed by atoms with van der Waals surface area (Å²) in [5, 5.41) is 23.9. The van der Waals surface area contributed by atoms with E-state index in [1.165, 1.54) is 6.07 Å². The van der Waals surface area contributed by atoms with E-state index in [1.807, 2.05) is 0 Å². The lowest BCUT2D eigenvalue weighted by Crippen LogP contribution is -2.04. The summed E-state index contributed by atoms with van der Waals surface area (Å²) in [6.07, 6.45) is -1.69. The Labute approximate surface area is 41.1 Å². The third-order valence-electron chi connectivity index (χ3n) is 0.455. The van der Waals surface area contributed by atoms with Gasteiger partial charge in [0.05, 0.1) is 11.6 Å². The first kappa shape index (κ1) is 6.15. The molecule has 0 heterocycles. The van der Waals surface area contributed by atoms with E-state index in [1.54, 1.807) is 0 Å². The molecule has 0 saturated heterocycles. The van der Waals surface area contributed by atoms with Crippen molar-refractivity contribution in [2.45, 2.75) is 6.29 Å². The molecule has 0 aromatic rings. The Balaban J connectivity index is 3.64. The number of hydrogen-bond acceptors (Lipinski definition) is 3. The van der Waals surface area contributed by atoms with Crippen molar-refractivity contribution in [2.75, 3.05) is 0 Å². The maximum Gasteiger partial charge on any atom is 0.188 e. The molecule has 0 amide bonds. The molecule has 0 aliphatic rings. The van der Waals surface area contributed by atoms with Crippen LogP contribution in [0.1, 0.15) is 0 Å². The number of hydrogen-bond donors (Lipinski definition) is 2. The van der Waals surface area contributed by atoms with Gasteiger partial charge in [0.2, 0.25) is 0 Å². The van der Waals surface area contributed by atoms with Crippen molar-refractivity contribution >= 4 is 0 Å². The van der Waals surface area contributed by atoms with E-state index in [4.69, 9.17) is 15.5 Å². The highest BCUT2D eigenvalue weighted by Crippen LogP contribution is 1.89. The lowest BCUT2D eigenvalue weighted by Gasteiger charge is -1.93. The van der Waals surface area contributed by atoms with Gasteiger partial charge in [0.1, 0.15) is 0 Å². The van der Waals surface area contributed by atoms with Crippen LogP contribution in [0, 0.1) is 11.3 Å². The van der Waals surface area contributed by atoms with Crippen LogP contribution in [0.15, 0.2) is 12.2 Å². The zero-order valence-electron chi connectivity index (χ0n) is 3.63. The molecule has 0 saturated carbocycles. The van der Waals surface area contributed by atoms with Crippen LogP contribution in [0.3, 0.4) is 0 Å². The molecule has 0 radical (unpaired) electrons. The highest BCUT2D eigenvalue weighted by Gasteiger charge is 1.98. The van der Waals surface area contributed by atoms with Crippen LogP contribution in [0.5, 0.6) is 0 Å². The largest absolute Gasteiger partial charge is 0.364 e. The second-order valence-electron chi connectivity index (χ2n) is 1.01. The zero-order chi connectivity index (χ0) is 5.86. The molecule has 3 nitrogen and oxygen atoms in total. The van der Waals surface area contributed by atoms with Crippen LogP contribution in [0.4, 0.5) is 0 Å². The lowest BCUT2D eigenvalue weighted by molar-refractivity contribution is -0.00375. The van der Waals surface area contributed by atoms with Crippen LogP contribution in [-0.2, 0) is 0 Å². The van der Waals surface area contributed by atoms with Crippen molar-refractivity contribution in [3.8, 4) is 6.07 Å². The third-order valence-corrected chi connectivity index (χ3v) is 0.455. The smallest absolute Gasteiger partial charge is 0.188 e. The molecule has 0 aromatic carbocycles. The second kappa shape index (κ2) is 2.35. The molecule has 0 spiro atoms. The highest BCUT2D eigenvalue weighted by atomic mass is 16.5. The Kier molecular flexibility index (Phi) is 2.06. The maximum absolute atomic E-state index is 8.05. The minimum Gasteiger partial charge on any atom is -0.364 e. The minimum atomic E-state index is -1.69. The summed E-state index contributed by atoms with van der Waals surface area (Å²) < 4.78 is 0. The van der Waals surface area contributed by atoms with E-state index in [9.17, 15) is 0 Å². The Morgan fingerprint density at radius 3 is 2.14 bits per heavy atom. The number of rotatable bonds is 1. The van der Waals surface area contributed by atoms with Crippen molar-refractivity contribution in [3.63, 3.8) is 0 Å². The van der Waals surface area contributed by atoms with Gasteiger partial charge in [-0.3, -0.25) is 0 Å². The molecule has 0 fully saturated rings. The molecule has 7 heavy (non-hydrogen) atoms. The van der Waals surface area contributed by atoms with Gasteiger partial charge in [-0.05, 0) is 0 Å². The Morgan fingerprint density at radius 1 is 1.71 bits per heavy atom. The fraction of sp³-hybridized carbons (Fsp3) is 0.250. The summed E-state index contributed by atoms with van der Waals surface area (Å²) in [6, 6.07) is 1.47. The fourth-order valence-corrected chi connectivity index (χ4v) is 0.0577. The van der Waals surface area contributed by atoms with Gasteiger partial charge in [-0.15, -0.1) is 0 Å². The monoisotopic (exact) mass is 99.0 g/mol. The number of nitriles is 1. The molecule has 3 heteroatoms. The summed E-state index contributed by atoms with van der Waals surface area (Å²) >= 11 is 0. The van der Waals surface area contributed by atoms with Crippen molar-refractivity contribution in [3.05, 3.63) is 12.2 Å². The van der Waals surface area contributed by atoms with E-state index in [2.05, 4.69) is 6.58 Å². The van der Waals surface area contributed by atoms with Gasteiger partial charge in [0.15, 0.2) is 6.29 Å². The predicted molar refractivity (Wildman–Crippen MR) is 23.0 cm³/mol. The van der Waals surface area contributed by atoms with Crippen LogP contribution in [0.25, 0.3) is 0 Å². The molecule has 38 valence electrons. The summed E-state index contributed by atoms with van der Waals surface area (Å²) in [4.78, 5) is 0. The van der Waals surface area contributed by atoms with Crippen molar-refractivity contribution in [1.29, 1.82) is 5.26 Å². The van der Waals surface area contributed by atoms with E-state index in [0.717, 1.165) is 0 Å². The van der Waals surface area contributed by atoms with Crippen LogP contribution < -0.4 is 0 Å². The molecule has 0 bridgehead atoms. The lowest BCUT2D eigenvalue weighted by atomic mass is 10.3. The van der Waals surface area contributed by atoms with E-state index < -0.39 is 6.29 Å². The molecule has 2 N–H and O–H groups in total. The average Bonchev–Trinajstić information content (AvgIpc) is 1.65. The number of nitrogens with zero attached hydrogens (tertiary/aromatic N) is 1. The first-order valence-electron chi connectivity index (χ1n) is 1.63. The zero-order valence-corrected chi connectivity index (χ0v) is 3.63. The molecule has 0 atom stereocenters. The van der Waals surface area contributed by atoms with E-state index in [0.29, 0.717) is 0 Å². The van der Waals surface area contributed by atoms with E-state index >= 15 is 0 Å². The summed E-state index contributed by atoms with van der Waals surface area (Å²) in [7, 11) is 0. The highest BCUT2D eigenvalue weighted by molar-refractivity contribution is 5.17. The average molecular weight is 99.1 g/mol. The van der Waals surface area contributed by atoms with Gasteiger partial charge in [-0.1, -0.05) is 6.58 Å². The van der Waals surface area contributed by atoms with E-state index in [-0.39, 0.29) is 5.57 Å². The fourth-order valence-electron chi connectivity index (χ4n) is 0.0577. The molecular formula is C4H5NO2.